The molecule has 0 spiro atoms. The van der Waals surface area contributed by atoms with Gasteiger partial charge in [0.05, 0.1) is 11.5 Å². The maximum absolute atomic E-state index is 12.5. The summed E-state index contributed by atoms with van der Waals surface area (Å²) in [6.07, 6.45) is 5.08. The molecule has 0 aliphatic carbocycles. The zero-order valence-electron chi connectivity index (χ0n) is 14.8. The van der Waals surface area contributed by atoms with Crippen LogP contribution in [0.4, 0.5) is 0 Å². The molecule has 1 atom stereocenters. The van der Waals surface area contributed by atoms with E-state index in [0.717, 1.165) is 5.56 Å². The first-order chi connectivity index (χ1) is 12.5. The van der Waals surface area contributed by atoms with Gasteiger partial charge in [-0.05, 0) is 48.9 Å². The predicted octanol–water partition coefficient (Wildman–Crippen LogP) is 3.15. The van der Waals surface area contributed by atoms with Crippen LogP contribution in [0.3, 0.4) is 0 Å². The Morgan fingerprint density at radius 1 is 1.27 bits per heavy atom. The van der Waals surface area contributed by atoms with Crippen molar-refractivity contribution in [3.63, 3.8) is 0 Å². The molecular weight excluding hydrogens is 370 g/mol. The maximum Gasteiger partial charge on any atom is 0.222 e. The number of furan rings is 1. The molecule has 3 rings (SSSR count). The zero-order valence-corrected chi connectivity index (χ0v) is 16.4. The molecule has 1 aliphatic heterocycles. The van der Waals surface area contributed by atoms with Gasteiger partial charge in [0.25, 0.3) is 0 Å². The third kappa shape index (κ3) is 4.71. The van der Waals surface area contributed by atoms with Gasteiger partial charge in [-0.1, -0.05) is 12.1 Å². The van der Waals surface area contributed by atoms with E-state index in [0.29, 0.717) is 31.6 Å². The van der Waals surface area contributed by atoms with Gasteiger partial charge < -0.3 is 9.32 Å². The van der Waals surface area contributed by atoms with Crippen molar-refractivity contribution in [2.24, 2.45) is 0 Å². The van der Waals surface area contributed by atoms with Crippen molar-refractivity contribution < 1.29 is 17.6 Å². The fourth-order valence-corrected chi connectivity index (χ4v) is 5.24. The van der Waals surface area contributed by atoms with E-state index in [2.05, 4.69) is 12.1 Å². The van der Waals surface area contributed by atoms with Gasteiger partial charge in [0.15, 0.2) is 9.84 Å². The summed E-state index contributed by atoms with van der Waals surface area (Å²) in [4.78, 5) is 15.3. The summed E-state index contributed by atoms with van der Waals surface area (Å²) in [5.41, 5.74) is 1.12. The van der Waals surface area contributed by atoms with Gasteiger partial charge in [0, 0.05) is 24.4 Å². The topological polar surface area (TPSA) is 67.6 Å². The molecule has 0 bridgehead atoms. The van der Waals surface area contributed by atoms with Crippen molar-refractivity contribution in [2.45, 2.75) is 35.2 Å². The van der Waals surface area contributed by atoms with Crippen molar-refractivity contribution in [3.8, 4) is 0 Å². The Kier molecular flexibility index (Phi) is 6.09. The number of nitrogens with zero attached hydrogens (tertiary/aromatic N) is 1. The van der Waals surface area contributed by atoms with E-state index >= 15 is 0 Å². The van der Waals surface area contributed by atoms with Crippen molar-refractivity contribution >= 4 is 27.5 Å². The molecular formula is C19H23NO4S2. The van der Waals surface area contributed by atoms with E-state index in [1.165, 1.54) is 11.2 Å². The monoisotopic (exact) mass is 393 g/mol. The average Bonchev–Trinajstić information content (AvgIpc) is 3.32. The van der Waals surface area contributed by atoms with Crippen LogP contribution in [0.2, 0.25) is 0 Å². The lowest BCUT2D eigenvalue weighted by molar-refractivity contribution is -0.130. The van der Waals surface area contributed by atoms with Crippen molar-refractivity contribution in [3.05, 3.63) is 54.0 Å². The van der Waals surface area contributed by atoms with Crippen molar-refractivity contribution in [1.82, 2.24) is 4.90 Å². The summed E-state index contributed by atoms with van der Waals surface area (Å²) in [5.74, 6) is 0.368. The molecule has 1 unspecified atom stereocenters. The summed E-state index contributed by atoms with van der Waals surface area (Å²) >= 11 is 1.69. The summed E-state index contributed by atoms with van der Waals surface area (Å²) < 4.78 is 30.2. The highest BCUT2D eigenvalue weighted by atomic mass is 32.2. The first-order valence-corrected chi connectivity index (χ1v) is 11.6. The zero-order chi connectivity index (χ0) is 18.6. The van der Waals surface area contributed by atoms with Gasteiger partial charge >= 0.3 is 0 Å². The standard InChI is InChI=1S/C19H23NO4S2/c1-25-17-7-4-15(5-8-17)6-9-19(21)20-11-10-18(13-20)26(22,23)14-16-3-2-12-24-16/h2-5,7-8,12,18H,6,9-11,13-14H2,1H3. The highest BCUT2D eigenvalue weighted by Gasteiger charge is 2.35. The van der Waals surface area contributed by atoms with Crippen molar-refractivity contribution in [2.75, 3.05) is 19.3 Å². The van der Waals surface area contributed by atoms with Crippen LogP contribution in [0, 0.1) is 0 Å². The van der Waals surface area contributed by atoms with Crippen LogP contribution >= 0.6 is 11.8 Å². The molecule has 5 nitrogen and oxygen atoms in total. The number of benzene rings is 1. The fourth-order valence-electron chi connectivity index (χ4n) is 3.16. The molecule has 140 valence electrons. The summed E-state index contributed by atoms with van der Waals surface area (Å²) in [7, 11) is -3.31. The van der Waals surface area contributed by atoms with E-state index in [9.17, 15) is 13.2 Å². The molecule has 26 heavy (non-hydrogen) atoms. The maximum atomic E-state index is 12.5. The van der Waals surface area contributed by atoms with Crippen LogP contribution in [0.25, 0.3) is 0 Å². The second kappa shape index (κ2) is 8.31. The number of amides is 1. The molecule has 1 aromatic carbocycles. The molecule has 1 aliphatic rings. The molecule has 1 amide bonds. The smallest absolute Gasteiger partial charge is 0.222 e. The second-order valence-electron chi connectivity index (χ2n) is 6.49. The second-order valence-corrected chi connectivity index (χ2v) is 9.65. The third-order valence-corrected chi connectivity index (χ3v) is 7.55. The fraction of sp³-hybridized carbons (Fsp3) is 0.421. The predicted molar refractivity (Wildman–Crippen MR) is 103 cm³/mol. The first-order valence-electron chi connectivity index (χ1n) is 8.62. The number of hydrogen-bond donors (Lipinski definition) is 0. The Hall–Kier alpha value is -1.73. The molecule has 0 radical (unpaired) electrons. The summed E-state index contributed by atoms with van der Waals surface area (Å²) in [6, 6.07) is 11.5. The minimum absolute atomic E-state index is 0.0228. The molecule has 0 N–H and O–H groups in total. The molecule has 0 saturated carbocycles. The van der Waals surface area contributed by atoms with Gasteiger partial charge in [-0.15, -0.1) is 11.8 Å². The number of hydrogen-bond acceptors (Lipinski definition) is 5. The first kappa shape index (κ1) is 19.0. The van der Waals surface area contributed by atoms with Gasteiger partial charge in [-0.2, -0.15) is 0 Å². The van der Waals surface area contributed by atoms with Crippen LogP contribution in [0.5, 0.6) is 0 Å². The van der Waals surface area contributed by atoms with Gasteiger partial charge in [-0.25, -0.2) is 8.42 Å². The lowest BCUT2D eigenvalue weighted by atomic mass is 10.1. The molecule has 7 heteroatoms. The number of likely N-dealkylation sites (tertiary alicyclic amines) is 1. The van der Waals surface area contributed by atoms with E-state index in [-0.39, 0.29) is 18.2 Å². The normalized spacial score (nSPS) is 17.6. The van der Waals surface area contributed by atoms with Crippen LogP contribution in [0.15, 0.2) is 52.0 Å². The highest BCUT2D eigenvalue weighted by molar-refractivity contribution is 7.98. The lowest BCUT2D eigenvalue weighted by Crippen LogP contribution is -2.32. The number of carbonyl (C=O) groups is 1. The lowest BCUT2D eigenvalue weighted by Gasteiger charge is -2.16. The summed E-state index contributed by atoms with van der Waals surface area (Å²) in [5, 5.41) is -0.502. The van der Waals surface area contributed by atoms with Crippen LogP contribution in [0.1, 0.15) is 24.2 Å². The van der Waals surface area contributed by atoms with Gasteiger partial charge in [-0.3, -0.25) is 4.79 Å². The van der Waals surface area contributed by atoms with E-state index in [1.807, 2.05) is 18.4 Å². The highest BCUT2D eigenvalue weighted by Crippen LogP contribution is 2.22. The largest absolute Gasteiger partial charge is 0.468 e. The quantitative estimate of drug-likeness (QED) is 0.676. The number of aryl methyl sites for hydroxylation is 1. The van der Waals surface area contributed by atoms with E-state index < -0.39 is 15.1 Å². The van der Waals surface area contributed by atoms with Crippen LogP contribution in [-0.2, 0) is 26.8 Å². The number of sulfone groups is 1. The average molecular weight is 394 g/mol. The minimum atomic E-state index is -3.31. The summed E-state index contributed by atoms with van der Waals surface area (Å²) in [6.45, 7) is 0.791. The minimum Gasteiger partial charge on any atom is -0.468 e. The Morgan fingerprint density at radius 2 is 2.04 bits per heavy atom. The number of carbonyl (C=O) groups excluding carboxylic acids is 1. The molecule has 1 saturated heterocycles. The van der Waals surface area contributed by atoms with Gasteiger partial charge in [0.2, 0.25) is 5.91 Å². The van der Waals surface area contributed by atoms with E-state index in [1.54, 1.807) is 28.8 Å². The van der Waals surface area contributed by atoms with Crippen LogP contribution < -0.4 is 0 Å². The third-order valence-electron chi connectivity index (χ3n) is 4.72. The van der Waals surface area contributed by atoms with Gasteiger partial charge in [0.1, 0.15) is 11.5 Å². The molecule has 2 heterocycles. The molecule has 2 aromatic rings. The number of rotatable bonds is 7. The number of thioether (sulfide) groups is 1. The Balaban J connectivity index is 1.51. The van der Waals surface area contributed by atoms with Crippen molar-refractivity contribution in [1.29, 1.82) is 0 Å². The molecule has 1 aromatic heterocycles. The van der Waals surface area contributed by atoms with Crippen LogP contribution in [-0.4, -0.2) is 43.8 Å². The van der Waals surface area contributed by atoms with E-state index in [4.69, 9.17) is 4.42 Å². The Bertz CT molecular complexity index is 829. The Morgan fingerprint density at radius 3 is 2.69 bits per heavy atom. The Labute approximate surface area is 158 Å². The SMILES string of the molecule is CSc1ccc(CCC(=O)N2CCC(S(=O)(=O)Cc3ccco3)C2)cc1. The molecule has 1 fully saturated rings.